The molecular weight excluding hydrogens is 483 g/mol. The number of carbonyl (C=O) groups is 2. The molecule has 0 bridgehead atoms. The number of amides is 2. The van der Waals surface area contributed by atoms with Gasteiger partial charge in [-0.05, 0) is 57.9 Å². The van der Waals surface area contributed by atoms with Crippen LogP contribution in [0.25, 0.3) is 21.8 Å². The first-order chi connectivity index (χ1) is 17.8. The molecule has 2 amide bonds. The van der Waals surface area contributed by atoms with Crippen molar-refractivity contribution in [1.82, 2.24) is 20.2 Å². The lowest BCUT2D eigenvalue weighted by atomic mass is 9.82. The molecule has 10 heteroatoms. The number of aromatic amines is 1. The minimum atomic E-state index is -1.00. The largest absolute Gasteiger partial charge is 0.453 e. The van der Waals surface area contributed by atoms with E-state index in [0.29, 0.717) is 6.54 Å². The summed E-state index contributed by atoms with van der Waals surface area (Å²) in [5.74, 6) is 0.517. The Morgan fingerprint density at radius 3 is 2.61 bits per heavy atom. The first-order valence-electron chi connectivity index (χ1n) is 13.1. The molecule has 1 aromatic heterocycles. The minimum absolute atomic E-state index is 0.0912. The van der Waals surface area contributed by atoms with E-state index in [1.54, 1.807) is 21.3 Å². The monoisotopic (exact) mass is 521 g/mol. The van der Waals surface area contributed by atoms with E-state index in [1.165, 1.54) is 7.11 Å². The van der Waals surface area contributed by atoms with Crippen LogP contribution in [0, 0.1) is 5.92 Å². The maximum absolute atomic E-state index is 13.5. The molecule has 1 saturated heterocycles. The number of nitrogens with zero attached hydrogens (tertiary/aromatic N) is 2. The van der Waals surface area contributed by atoms with E-state index in [4.69, 9.17) is 14.4 Å². The Balaban J connectivity index is 1.59. The molecule has 38 heavy (non-hydrogen) atoms. The predicted molar refractivity (Wildman–Crippen MR) is 148 cm³/mol. The standard InChI is InChI=1S/C28H38BN4O5/c1-16(2)22(32-26(35)37-7)25(34)33-14-8-9-21(33)24-30-20-13-10-17-15-18(11-12-19(17)23(20)31-24)29-38-28(5,6)27(3,4)36/h10-13,15-16,21-22,36H,8-9,14H2,1-7H3,(H,30,31)(H,32,35)/t21-,22-/m0/s1. The third-order valence-electron chi connectivity index (χ3n) is 7.72. The van der Waals surface area contributed by atoms with Gasteiger partial charge in [0.15, 0.2) is 0 Å². The molecule has 2 atom stereocenters. The smallest absolute Gasteiger partial charge is 0.407 e. The van der Waals surface area contributed by atoms with Crippen molar-refractivity contribution in [2.24, 2.45) is 5.92 Å². The fourth-order valence-corrected chi connectivity index (χ4v) is 4.62. The molecule has 9 nitrogen and oxygen atoms in total. The lowest BCUT2D eigenvalue weighted by molar-refractivity contribution is -0.135. The number of hydrogen-bond acceptors (Lipinski definition) is 6. The summed E-state index contributed by atoms with van der Waals surface area (Å²) in [5.41, 5.74) is 0.868. The molecule has 3 N–H and O–H groups in total. The van der Waals surface area contributed by atoms with Crippen LogP contribution in [0.1, 0.15) is 66.3 Å². The van der Waals surface area contributed by atoms with Crippen molar-refractivity contribution in [1.29, 1.82) is 0 Å². The van der Waals surface area contributed by atoms with E-state index in [9.17, 15) is 14.7 Å². The van der Waals surface area contributed by atoms with Gasteiger partial charge in [-0.2, -0.15) is 0 Å². The number of aromatic nitrogens is 2. The van der Waals surface area contributed by atoms with Gasteiger partial charge in [0.1, 0.15) is 11.9 Å². The number of fused-ring (bicyclic) bond motifs is 3. The van der Waals surface area contributed by atoms with Crippen LogP contribution in [0.15, 0.2) is 30.3 Å². The second-order valence-electron chi connectivity index (χ2n) is 11.4. The molecule has 0 spiro atoms. The number of alkyl carbamates (subject to hydrolysis) is 1. The fourth-order valence-electron chi connectivity index (χ4n) is 4.62. The van der Waals surface area contributed by atoms with Crippen molar-refractivity contribution in [3.8, 4) is 0 Å². The lowest BCUT2D eigenvalue weighted by Crippen LogP contribution is -2.51. The van der Waals surface area contributed by atoms with Gasteiger partial charge in [-0.3, -0.25) is 4.79 Å². The number of H-pyrrole nitrogens is 1. The van der Waals surface area contributed by atoms with Gasteiger partial charge in [0.05, 0.1) is 35.4 Å². The topological polar surface area (TPSA) is 117 Å². The predicted octanol–water partition coefficient (Wildman–Crippen LogP) is 3.57. The van der Waals surface area contributed by atoms with Gasteiger partial charge in [0, 0.05) is 11.9 Å². The van der Waals surface area contributed by atoms with Crippen LogP contribution >= 0.6 is 0 Å². The van der Waals surface area contributed by atoms with Gasteiger partial charge in [0.25, 0.3) is 0 Å². The summed E-state index contributed by atoms with van der Waals surface area (Å²) in [5, 5.41) is 15.1. The number of rotatable bonds is 8. The van der Waals surface area contributed by atoms with Crippen molar-refractivity contribution in [2.45, 2.75) is 77.7 Å². The third-order valence-corrected chi connectivity index (χ3v) is 7.72. The number of likely N-dealkylation sites (tertiary alicyclic amines) is 1. The number of imidazole rings is 1. The van der Waals surface area contributed by atoms with Crippen LogP contribution in [0.4, 0.5) is 4.79 Å². The number of nitrogens with one attached hydrogen (secondary N) is 2. The molecule has 0 aliphatic carbocycles. The van der Waals surface area contributed by atoms with E-state index in [2.05, 4.69) is 10.3 Å². The Labute approximate surface area is 224 Å². The summed E-state index contributed by atoms with van der Waals surface area (Å²) in [6, 6.07) is 9.17. The van der Waals surface area contributed by atoms with Crippen LogP contribution in [-0.4, -0.2) is 70.4 Å². The average molecular weight is 521 g/mol. The molecule has 0 saturated carbocycles. The molecule has 1 radical (unpaired) electrons. The molecular formula is C28H38BN4O5. The van der Waals surface area contributed by atoms with E-state index in [1.807, 2.05) is 62.9 Å². The summed E-state index contributed by atoms with van der Waals surface area (Å²) < 4.78 is 10.7. The highest BCUT2D eigenvalue weighted by atomic mass is 16.5. The van der Waals surface area contributed by atoms with Crippen molar-refractivity contribution in [3.63, 3.8) is 0 Å². The molecule has 1 aliphatic rings. The van der Waals surface area contributed by atoms with Crippen molar-refractivity contribution in [3.05, 3.63) is 36.2 Å². The van der Waals surface area contributed by atoms with E-state index in [-0.39, 0.29) is 17.9 Å². The summed E-state index contributed by atoms with van der Waals surface area (Å²) in [4.78, 5) is 35.5. The van der Waals surface area contributed by atoms with E-state index >= 15 is 0 Å². The molecule has 2 heterocycles. The van der Waals surface area contributed by atoms with Gasteiger partial charge in [-0.25, -0.2) is 9.78 Å². The number of carbonyl (C=O) groups excluding carboxylic acids is 2. The Morgan fingerprint density at radius 1 is 1.21 bits per heavy atom. The molecule has 0 unspecified atom stereocenters. The maximum Gasteiger partial charge on any atom is 0.407 e. The van der Waals surface area contributed by atoms with E-state index < -0.39 is 23.3 Å². The van der Waals surface area contributed by atoms with Gasteiger partial charge in [-0.15, -0.1) is 0 Å². The van der Waals surface area contributed by atoms with Crippen molar-refractivity contribution >= 4 is 46.8 Å². The average Bonchev–Trinajstić information content (AvgIpc) is 3.51. The zero-order chi connectivity index (χ0) is 27.8. The summed E-state index contributed by atoms with van der Waals surface area (Å²) in [6.45, 7) is 11.6. The maximum atomic E-state index is 13.5. The van der Waals surface area contributed by atoms with Crippen molar-refractivity contribution < 1.29 is 24.1 Å². The van der Waals surface area contributed by atoms with Gasteiger partial charge in [-0.1, -0.05) is 43.6 Å². The van der Waals surface area contributed by atoms with Crippen LogP contribution in [0.5, 0.6) is 0 Å². The first-order valence-corrected chi connectivity index (χ1v) is 13.1. The molecule has 1 fully saturated rings. The Morgan fingerprint density at radius 2 is 1.95 bits per heavy atom. The van der Waals surface area contributed by atoms with E-state index in [0.717, 1.165) is 45.9 Å². The molecule has 1 aliphatic heterocycles. The second-order valence-corrected chi connectivity index (χ2v) is 11.4. The molecule has 4 rings (SSSR count). The highest BCUT2D eigenvalue weighted by Gasteiger charge is 2.38. The lowest BCUT2D eigenvalue weighted by Gasteiger charge is -2.37. The SMILES string of the molecule is COC(=O)N[C@H](C(=O)N1CCC[C@H]1c1nc2c(ccc3cc([B]OC(C)(C)C(C)(C)O)ccc32)[nH]1)C(C)C. The molecule has 3 aromatic rings. The number of hydrogen-bond donors (Lipinski definition) is 3. The third kappa shape index (κ3) is 5.52. The number of methoxy groups -OCH3 is 1. The Bertz CT molecular complexity index is 1330. The van der Waals surface area contributed by atoms with Gasteiger partial charge in [0.2, 0.25) is 5.91 Å². The van der Waals surface area contributed by atoms with Crippen LogP contribution < -0.4 is 10.8 Å². The Hall–Kier alpha value is -3.11. The number of ether oxygens (including phenoxy) is 1. The van der Waals surface area contributed by atoms with Crippen LogP contribution in [0.2, 0.25) is 0 Å². The summed E-state index contributed by atoms with van der Waals surface area (Å²) in [7, 11) is 2.96. The molecule has 2 aromatic carbocycles. The quantitative estimate of drug-likeness (QED) is 0.391. The highest BCUT2D eigenvalue weighted by Crippen LogP contribution is 2.34. The van der Waals surface area contributed by atoms with Gasteiger partial charge >= 0.3 is 13.6 Å². The minimum Gasteiger partial charge on any atom is -0.453 e. The summed E-state index contributed by atoms with van der Waals surface area (Å²) in [6.07, 6.45) is 1.03. The Kier molecular flexibility index (Phi) is 7.77. The molecule has 203 valence electrons. The highest BCUT2D eigenvalue weighted by molar-refractivity contribution is 6.47. The van der Waals surface area contributed by atoms with Gasteiger partial charge < -0.3 is 29.7 Å². The van der Waals surface area contributed by atoms with Crippen molar-refractivity contribution in [2.75, 3.05) is 13.7 Å². The number of benzene rings is 2. The summed E-state index contributed by atoms with van der Waals surface area (Å²) >= 11 is 0. The second kappa shape index (κ2) is 10.6. The first kappa shape index (κ1) is 27.9. The fraction of sp³-hybridized carbons (Fsp3) is 0.536. The normalized spacial score (nSPS) is 17.3. The zero-order valence-electron chi connectivity index (χ0n) is 23.3. The zero-order valence-corrected chi connectivity index (χ0v) is 23.3. The van der Waals surface area contributed by atoms with Crippen LogP contribution in [-0.2, 0) is 14.2 Å². The number of aliphatic hydroxyl groups is 1. The van der Waals surface area contributed by atoms with Crippen LogP contribution in [0.3, 0.4) is 0 Å².